The van der Waals surface area contributed by atoms with E-state index in [1.165, 1.54) is 16.5 Å². The van der Waals surface area contributed by atoms with Gasteiger partial charge >= 0.3 is 0 Å². The van der Waals surface area contributed by atoms with Crippen LogP contribution in [-0.2, 0) is 11.3 Å². The third-order valence-corrected chi connectivity index (χ3v) is 5.09. The van der Waals surface area contributed by atoms with Crippen LogP contribution in [0.3, 0.4) is 0 Å². The molecule has 0 bridgehead atoms. The van der Waals surface area contributed by atoms with Crippen molar-refractivity contribution in [2.45, 2.75) is 37.8 Å². The second-order valence-corrected chi connectivity index (χ2v) is 6.32. The van der Waals surface area contributed by atoms with Gasteiger partial charge in [0.1, 0.15) is 5.54 Å². The van der Waals surface area contributed by atoms with E-state index in [9.17, 15) is 4.79 Å². The number of fused-ring (bicyclic) bond motifs is 1. The van der Waals surface area contributed by atoms with Crippen molar-refractivity contribution in [3.05, 3.63) is 36.0 Å². The summed E-state index contributed by atoms with van der Waals surface area (Å²) in [6.45, 7) is 2.73. The summed E-state index contributed by atoms with van der Waals surface area (Å²) in [5.41, 5.74) is 2.22. The molecule has 1 aromatic carbocycles. The van der Waals surface area contributed by atoms with Gasteiger partial charge in [0.25, 0.3) is 0 Å². The summed E-state index contributed by atoms with van der Waals surface area (Å²) in [5.74, 6) is 0.244. The summed E-state index contributed by atoms with van der Waals surface area (Å²) in [5, 5.41) is 4.31. The van der Waals surface area contributed by atoms with E-state index in [2.05, 4.69) is 39.5 Å². The first kappa shape index (κ1) is 12.9. The lowest BCUT2D eigenvalue weighted by atomic mass is 9.86. The van der Waals surface area contributed by atoms with Crippen LogP contribution in [0.15, 0.2) is 30.5 Å². The minimum absolute atomic E-state index is 0.244. The largest absolute Gasteiger partial charge is 0.361 e. The monoisotopic (exact) mass is 283 g/mol. The van der Waals surface area contributed by atoms with Crippen LogP contribution in [0.5, 0.6) is 0 Å². The molecular weight excluding hydrogens is 262 g/mol. The first-order chi connectivity index (χ1) is 10.3. The van der Waals surface area contributed by atoms with Gasteiger partial charge < -0.3 is 10.3 Å². The number of hydrogen-bond donors (Lipinski definition) is 2. The van der Waals surface area contributed by atoms with Crippen LogP contribution in [0.25, 0.3) is 10.9 Å². The van der Waals surface area contributed by atoms with Gasteiger partial charge in [-0.2, -0.15) is 0 Å². The molecule has 0 aliphatic carbocycles. The summed E-state index contributed by atoms with van der Waals surface area (Å²) in [6.07, 6.45) is 6.20. The minimum atomic E-state index is -0.245. The fourth-order valence-electron chi connectivity index (χ4n) is 3.99. The number of likely N-dealkylation sites (tertiary alicyclic amines) is 1. The van der Waals surface area contributed by atoms with Crippen molar-refractivity contribution in [2.24, 2.45) is 0 Å². The molecule has 4 rings (SSSR count). The molecule has 2 fully saturated rings. The highest BCUT2D eigenvalue weighted by molar-refractivity contribution is 5.87. The second-order valence-electron chi connectivity index (χ2n) is 6.32. The summed E-state index contributed by atoms with van der Waals surface area (Å²) < 4.78 is 0. The number of nitrogens with zero attached hydrogens (tertiary/aromatic N) is 1. The summed E-state index contributed by atoms with van der Waals surface area (Å²) in [6, 6.07) is 8.64. The van der Waals surface area contributed by atoms with E-state index in [4.69, 9.17) is 0 Å². The van der Waals surface area contributed by atoms with Crippen molar-refractivity contribution in [3.8, 4) is 0 Å². The molecule has 0 radical (unpaired) electrons. The van der Waals surface area contributed by atoms with Gasteiger partial charge in [0, 0.05) is 24.8 Å². The highest BCUT2D eigenvalue weighted by Gasteiger charge is 2.47. The molecule has 1 amide bonds. The van der Waals surface area contributed by atoms with Gasteiger partial charge in [0.15, 0.2) is 0 Å². The predicted octanol–water partition coefficient (Wildman–Crippen LogP) is 2.41. The van der Waals surface area contributed by atoms with Crippen molar-refractivity contribution < 1.29 is 4.79 Å². The lowest BCUT2D eigenvalue weighted by Crippen LogP contribution is -2.58. The molecule has 1 unspecified atom stereocenters. The highest BCUT2D eigenvalue weighted by atomic mass is 16.2. The van der Waals surface area contributed by atoms with Gasteiger partial charge in [-0.05, 0) is 61.4 Å². The van der Waals surface area contributed by atoms with E-state index in [1.807, 2.05) is 6.20 Å². The van der Waals surface area contributed by atoms with E-state index < -0.39 is 0 Å². The molecule has 2 aromatic rings. The average molecular weight is 283 g/mol. The predicted molar refractivity (Wildman–Crippen MR) is 82.9 cm³/mol. The molecule has 4 heteroatoms. The standard InChI is InChI=1S/C17H21N3O/c21-16-17(6-1-8-19-16)7-2-10-20(17)12-13-3-4-15-14(11-13)5-9-18-15/h3-5,9,11,18H,1-2,6-8,10,12H2,(H,19,21). The van der Waals surface area contributed by atoms with Crippen LogP contribution in [-0.4, -0.2) is 34.4 Å². The average Bonchev–Trinajstić information content (AvgIpc) is 3.10. The molecule has 2 aliphatic heterocycles. The number of hydrogen-bond acceptors (Lipinski definition) is 2. The van der Waals surface area contributed by atoms with Crippen LogP contribution in [0.1, 0.15) is 31.2 Å². The van der Waals surface area contributed by atoms with E-state index in [0.717, 1.165) is 45.3 Å². The third kappa shape index (κ3) is 2.05. The summed E-state index contributed by atoms with van der Waals surface area (Å²) >= 11 is 0. The fraction of sp³-hybridized carbons (Fsp3) is 0.471. The van der Waals surface area contributed by atoms with E-state index >= 15 is 0 Å². The zero-order chi connectivity index (χ0) is 14.3. The number of carbonyl (C=O) groups is 1. The van der Waals surface area contributed by atoms with Crippen molar-refractivity contribution in [1.82, 2.24) is 15.2 Å². The van der Waals surface area contributed by atoms with Gasteiger partial charge in [-0.15, -0.1) is 0 Å². The Morgan fingerprint density at radius 3 is 3.00 bits per heavy atom. The Hall–Kier alpha value is -1.81. The molecule has 2 aliphatic rings. The van der Waals surface area contributed by atoms with Crippen molar-refractivity contribution in [3.63, 3.8) is 0 Å². The lowest BCUT2D eigenvalue weighted by Gasteiger charge is -2.40. The van der Waals surface area contributed by atoms with E-state index in [-0.39, 0.29) is 11.4 Å². The van der Waals surface area contributed by atoms with Gasteiger partial charge in [-0.3, -0.25) is 9.69 Å². The maximum atomic E-state index is 12.4. The van der Waals surface area contributed by atoms with Crippen LogP contribution in [0, 0.1) is 0 Å². The third-order valence-electron chi connectivity index (χ3n) is 5.09. The number of benzene rings is 1. The van der Waals surface area contributed by atoms with Gasteiger partial charge in [0.05, 0.1) is 0 Å². The maximum Gasteiger partial charge on any atom is 0.240 e. The number of aromatic nitrogens is 1. The highest BCUT2D eigenvalue weighted by Crippen LogP contribution is 2.36. The lowest BCUT2D eigenvalue weighted by molar-refractivity contribution is -0.134. The molecule has 1 atom stereocenters. The topological polar surface area (TPSA) is 48.1 Å². The van der Waals surface area contributed by atoms with Crippen molar-refractivity contribution in [1.29, 1.82) is 0 Å². The van der Waals surface area contributed by atoms with Crippen LogP contribution in [0.2, 0.25) is 0 Å². The molecule has 110 valence electrons. The van der Waals surface area contributed by atoms with E-state index in [1.54, 1.807) is 0 Å². The van der Waals surface area contributed by atoms with Crippen LogP contribution >= 0.6 is 0 Å². The van der Waals surface area contributed by atoms with Gasteiger partial charge in [-0.25, -0.2) is 0 Å². The first-order valence-electron chi connectivity index (χ1n) is 7.87. The zero-order valence-corrected chi connectivity index (χ0v) is 12.2. The quantitative estimate of drug-likeness (QED) is 0.889. The smallest absolute Gasteiger partial charge is 0.240 e. The molecule has 2 saturated heterocycles. The minimum Gasteiger partial charge on any atom is -0.361 e. The molecule has 1 spiro atoms. The SMILES string of the molecule is O=C1NCCCC12CCCN2Cc1ccc2[nH]ccc2c1. The number of aromatic amines is 1. The summed E-state index contributed by atoms with van der Waals surface area (Å²) in [7, 11) is 0. The number of carbonyl (C=O) groups excluding carboxylic acids is 1. The molecule has 2 N–H and O–H groups in total. The number of rotatable bonds is 2. The summed E-state index contributed by atoms with van der Waals surface area (Å²) in [4.78, 5) is 18.1. The van der Waals surface area contributed by atoms with Gasteiger partial charge in [0.2, 0.25) is 5.91 Å². The molecule has 21 heavy (non-hydrogen) atoms. The molecule has 3 heterocycles. The molecule has 0 saturated carbocycles. The van der Waals surface area contributed by atoms with E-state index in [0.29, 0.717) is 0 Å². The Balaban J connectivity index is 1.61. The maximum absolute atomic E-state index is 12.4. The molecule has 1 aromatic heterocycles. The number of piperidine rings is 1. The Morgan fingerprint density at radius 2 is 2.10 bits per heavy atom. The van der Waals surface area contributed by atoms with Crippen LogP contribution < -0.4 is 5.32 Å². The normalized spacial score (nSPS) is 26.6. The van der Waals surface area contributed by atoms with Crippen molar-refractivity contribution in [2.75, 3.05) is 13.1 Å². The molecule has 4 nitrogen and oxygen atoms in total. The number of nitrogens with one attached hydrogen (secondary N) is 2. The van der Waals surface area contributed by atoms with Crippen LogP contribution in [0.4, 0.5) is 0 Å². The second kappa shape index (κ2) is 4.88. The Morgan fingerprint density at radius 1 is 1.19 bits per heavy atom. The first-order valence-corrected chi connectivity index (χ1v) is 7.87. The van der Waals surface area contributed by atoms with Crippen molar-refractivity contribution >= 4 is 16.8 Å². The number of H-pyrrole nitrogens is 1. The molecular formula is C17H21N3O. The Labute approximate surface area is 124 Å². The van der Waals surface area contributed by atoms with Gasteiger partial charge in [-0.1, -0.05) is 6.07 Å². The zero-order valence-electron chi connectivity index (χ0n) is 12.2. The Kier molecular flexibility index (Phi) is 3.00. The Bertz CT molecular complexity index is 677. The fourth-order valence-corrected chi connectivity index (χ4v) is 3.99. The number of amides is 1.